The molecule has 0 saturated carbocycles. The molecule has 0 N–H and O–H groups in total. The topological polar surface area (TPSA) is 17.3 Å². The molecule has 2 heteroatoms. The van der Waals surface area contributed by atoms with Gasteiger partial charge < -0.3 is 0 Å². The van der Waals surface area contributed by atoms with E-state index in [0.717, 1.165) is 31.3 Å². The Morgan fingerprint density at radius 1 is 0.710 bits per heavy atom. The Labute approximate surface area is 180 Å². The Balaban J connectivity index is 1.43. The van der Waals surface area contributed by atoms with Crippen LogP contribution in [0.4, 0.5) is 0 Å². The van der Waals surface area contributed by atoms with Gasteiger partial charge in [-0.1, -0.05) is 60.2 Å². The molecule has 5 aromatic rings. The van der Waals surface area contributed by atoms with Crippen LogP contribution < -0.4 is 0 Å². The Morgan fingerprint density at radius 2 is 1.55 bits per heavy atom. The predicted octanol–water partition coefficient (Wildman–Crippen LogP) is 6.36. The number of benzene rings is 3. The van der Waals surface area contributed by atoms with Gasteiger partial charge in [0.2, 0.25) is 0 Å². The first kappa shape index (κ1) is 16.1. The minimum absolute atomic E-state index is 1.07. The van der Waals surface area contributed by atoms with Crippen LogP contribution in [0.3, 0.4) is 0 Å². The van der Waals surface area contributed by atoms with Gasteiger partial charge in [0.1, 0.15) is 5.65 Å². The molecule has 3 aromatic carbocycles. The van der Waals surface area contributed by atoms with E-state index in [1.54, 1.807) is 16.7 Å². The second kappa shape index (κ2) is 5.53. The summed E-state index contributed by atoms with van der Waals surface area (Å²) < 4.78 is 2.28. The van der Waals surface area contributed by atoms with E-state index in [4.69, 9.17) is 4.98 Å². The standard InChI is InChI=1S/C29H20N2/c1-2-6-19-17(5-1)15-24-20(19)11-12-23-25(24)16-18-9-10-22-21-7-3-4-8-26(21)31-14-13-30-29(31)28(22)27(18)23/h1-8,11-14H,9-10,15-16H2. The second-order valence-electron chi connectivity index (χ2n) is 9.10. The zero-order chi connectivity index (χ0) is 20.1. The van der Waals surface area contributed by atoms with E-state index >= 15 is 0 Å². The maximum absolute atomic E-state index is 4.85. The van der Waals surface area contributed by atoms with E-state index in [9.17, 15) is 0 Å². The van der Waals surface area contributed by atoms with Gasteiger partial charge in [-0.2, -0.15) is 0 Å². The van der Waals surface area contributed by atoms with Crippen molar-refractivity contribution in [3.8, 4) is 11.1 Å². The molecule has 146 valence electrons. The summed E-state index contributed by atoms with van der Waals surface area (Å²) in [5, 5.41) is 1.37. The van der Waals surface area contributed by atoms with Crippen LogP contribution in [0.25, 0.3) is 33.3 Å². The number of aryl methyl sites for hydroxylation is 1. The molecule has 0 atom stereocenters. The number of pyridine rings is 1. The van der Waals surface area contributed by atoms with Crippen LogP contribution in [0.2, 0.25) is 0 Å². The highest BCUT2D eigenvalue weighted by Gasteiger charge is 2.34. The van der Waals surface area contributed by atoms with Crippen molar-refractivity contribution in [3.63, 3.8) is 0 Å². The lowest BCUT2D eigenvalue weighted by molar-refractivity contribution is 0.898. The number of aromatic nitrogens is 2. The highest BCUT2D eigenvalue weighted by molar-refractivity contribution is 6.02. The summed E-state index contributed by atoms with van der Waals surface area (Å²) in [6.45, 7) is 0. The summed E-state index contributed by atoms with van der Waals surface area (Å²) in [5.74, 6) is 0. The number of hydrogen-bond acceptors (Lipinski definition) is 1. The van der Waals surface area contributed by atoms with Crippen molar-refractivity contribution in [2.75, 3.05) is 0 Å². The van der Waals surface area contributed by atoms with Gasteiger partial charge in [-0.25, -0.2) is 4.98 Å². The lowest BCUT2D eigenvalue weighted by Gasteiger charge is -2.23. The average Bonchev–Trinajstić information content (AvgIpc) is 3.53. The fourth-order valence-electron chi connectivity index (χ4n) is 6.42. The molecule has 0 fully saturated rings. The first-order chi connectivity index (χ1) is 15.4. The molecule has 3 aliphatic rings. The van der Waals surface area contributed by atoms with Gasteiger partial charge >= 0.3 is 0 Å². The van der Waals surface area contributed by atoms with E-state index in [1.807, 2.05) is 6.20 Å². The van der Waals surface area contributed by atoms with Crippen molar-refractivity contribution in [2.24, 2.45) is 0 Å². The third-order valence-electron chi connectivity index (χ3n) is 7.70. The van der Waals surface area contributed by atoms with Crippen LogP contribution in [-0.2, 0) is 19.3 Å². The quantitative estimate of drug-likeness (QED) is 0.292. The van der Waals surface area contributed by atoms with Crippen LogP contribution >= 0.6 is 0 Å². The molecule has 2 aromatic heterocycles. The third kappa shape index (κ3) is 1.91. The normalized spacial score (nSPS) is 15.7. The monoisotopic (exact) mass is 396 g/mol. The minimum atomic E-state index is 1.07. The largest absolute Gasteiger partial charge is 0.299 e. The molecule has 0 aliphatic heterocycles. The highest BCUT2D eigenvalue weighted by atomic mass is 15.0. The van der Waals surface area contributed by atoms with Crippen molar-refractivity contribution in [2.45, 2.75) is 25.7 Å². The molecule has 2 nitrogen and oxygen atoms in total. The van der Waals surface area contributed by atoms with E-state index < -0.39 is 0 Å². The SMILES string of the molecule is c1ccc2c(c1)Cc1c-2ccc2c1CC1=C2c2c(c3ccccc3n3ccnc23)CC1. The van der Waals surface area contributed by atoms with E-state index in [2.05, 4.69) is 71.3 Å². The fourth-order valence-corrected chi connectivity index (χ4v) is 6.42. The van der Waals surface area contributed by atoms with Gasteiger partial charge in [-0.15, -0.1) is 0 Å². The van der Waals surface area contributed by atoms with Crippen LogP contribution in [0, 0.1) is 0 Å². The molecular formula is C29H20N2. The fraction of sp³-hybridized carbons (Fsp3) is 0.138. The van der Waals surface area contributed by atoms with Crippen molar-refractivity contribution >= 4 is 22.1 Å². The zero-order valence-corrected chi connectivity index (χ0v) is 17.2. The summed E-state index contributed by atoms with van der Waals surface area (Å²) in [6, 6.07) is 22.5. The summed E-state index contributed by atoms with van der Waals surface area (Å²) in [4.78, 5) is 4.85. The van der Waals surface area contributed by atoms with Crippen LogP contribution in [0.5, 0.6) is 0 Å². The Hall–Kier alpha value is -3.65. The van der Waals surface area contributed by atoms with Gasteiger partial charge in [0.05, 0.1) is 5.52 Å². The first-order valence-electron chi connectivity index (χ1n) is 11.2. The Bertz CT molecular complexity index is 1630. The van der Waals surface area contributed by atoms with Gasteiger partial charge in [-0.05, 0) is 76.3 Å². The summed E-state index contributed by atoms with van der Waals surface area (Å²) >= 11 is 0. The Morgan fingerprint density at radius 3 is 2.55 bits per heavy atom. The molecular weight excluding hydrogens is 376 g/mol. The van der Waals surface area contributed by atoms with Crippen molar-refractivity contribution in [3.05, 3.63) is 112 Å². The van der Waals surface area contributed by atoms with E-state index in [0.29, 0.717) is 0 Å². The molecule has 8 rings (SSSR count). The number of nitrogens with zero attached hydrogens (tertiary/aromatic N) is 2. The number of rotatable bonds is 0. The summed E-state index contributed by atoms with van der Waals surface area (Å²) in [5.41, 5.74) is 17.2. The first-order valence-corrected chi connectivity index (χ1v) is 11.2. The van der Waals surface area contributed by atoms with Gasteiger partial charge in [0.15, 0.2) is 0 Å². The van der Waals surface area contributed by atoms with Crippen molar-refractivity contribution in [1.82, 2.24) is 9.38 Å². The number of allylic oxidation sites excluding steroid dienone is 1. The number of para-hydroxylation sites is 1. The van der Waals surface area contributed by atoms with Gasteiger partial charge in [0, 0.05) is 23.3 Å². The van der Waals surface area contributed by atoms with Gasteiger partial charge in [0.25, 0.3) is 0 Å². The van der Waals surface area contributed by atoms with Crippen LogP contribution in [0.15, 0.2) is 78.6 Å². The predicted molar refractivity (Wildman–Crippen MR) is 125 cm³/mol. The summed E-state index contributed by atoms with van der Waals surface area (Å²) in [7, 11) is 0. The molecule has 0 radical (unpaired) electrons. The maximum atomic E-state index is 4.85. The highest BCUT2D eigenvalue weighted by Crippen LogP contribution is 2.50. The maximum Gasteiger partial charge on any atom is 0.145 e. The number of fused-ring (bicyclic) bond motifs is 13. The zero-order valence-electron chi connectivity index (χ0n) is 17.2. The molecule has 0 amide bonds. The molecule has 0 bridgehead atoms. The lowest BCUT2D eigenvalue weighted by Crippen LogP contribution is -2.08. The third-order valence-corrected chi connectivity index (χ3v) is 7.70. The summed E-state index contributed by atoms with van der Waals surface area (Å²) in [6.07, 6.45) is 8.49. The van der Waals surface area contributed by atoms with Crippen LogP contribution in [0.1, 0.15) is 39.8 Å². The Kier molecular flexibility index (Phi) is 2.87. The minimum Gasteiger partial charge on any atom is -0.299 e. The number of imidazole rings is 1. The molecule has 0 saturated heterocycles. The molecule has 3 aliphatic carbocycles. The van der Waals surface area contributed by atoms with Crippen molar-refractivity contribution < 1.29 is 0 Å². The van der Waals surface area contributed by atoms with Gasteiger partial charge in [-0.3, -0.25) is 4.40 Å². The second-order valence-corrected chi connectivity index (χ2v) is 9.10. The smallest absolute Gasteiger partial charge is 0.145 e. The molecule has 0 spiro atoms. The molecule has 0 unspecified atom stereocenters. The molecule has 2 heterocycles. The average molecular weight is 396 g/mol. The van der Waals surface area contributed by atoms with E-state index in [-0.39, 0.29) is 0 Å². The molecule has 31 heavy (non-hydrogen) atoms. The lowest BCUT2D eigenvalue weighted by atomic mass is 9.84. The van der Waals surface area contributed by atoms with E-state index in [1.165, 1.54) is 49.9 Å². The van der Waals surface area contributed by atoms with Crippen LogP contribution in [-0.4, -0.2) is 9.38 Å². The van der Waals surface area contributed by atoms with Crippen molar-refractivity contribution in [1.29, 1.82) is 0 Å². The number of hydrogen-bond donors (Lipinski definition) is 0.